The van der Waals surface area contributed by atoms with E-state index in [4.69, 9.17) is 0 Å². The van der Waals surface area contributed by atoms with Crippen molar-refractivity contribution in [2.24, 2.45) is 0 Å². The molecule has 0 fully saturated rings. The van der Waals surface area contributed by atoms with E-state index in [1.165, 1.54) is 11.0 Å². The van der Waals surface area contributed by atoms with Crippen LogP contribution in [-0.4, -0.2) is 28.8 Å². The van der Waals surface area contributed by atoms with E-state index < -0.39 is 6.03 Å². The fourth-order valence-corrected chi connectivity index (χ4v) is 2.62. The molecule has 2 aromatic carbocycles. The number of carbonyl (C=O) groups is 3. The molecule has 0 atom stereocenters. The lowest BCUT2D eigenvalue weighted by Crippen LogP contribution is -2.35. The summed E-state index contributed by atoms with van der Waals surface area (Å²) in [6.07, 6.45) is 0. The van der Waals surface area contributed by atoms with E-state index in [1.54, 1.807) is 38.1 Å². The minimum atomic E-state index is -0.418. The molecule has 3 rings (SSSR count). The van der Waals surface area contributed by atoms with Crippen molar-refractivity contribution in [1.82, 2.24) is 4.90 Å². The lowest BCUT2D eigenvalue weighted by Gasteiger charge is -2.17. The largest absolute Gasteiger partial charge is 0.323 e. The topological polar surface area (TPSA) is 78.5 Å². The summed E-state index contributed by atoms with van der Waals surface area (Å²) in [5, 5.41) is 5.36. The summed E-state index contributed by atoms with van der Waals surface area (Å²) in [7, 11) is 0. The summed E-state index contributed by atoms with van der Waals surface area (Å²) in [5.74, 6) is -0.637. The second-order valence-corrected chi connectivity index (χ2v) is 5.78. The van der Waals surface area contributed by atoms with Crippen LogP contribution in [0.15, 0.2) is 48.5 Å². The number of carbonyl (C=O) groups excluding carboxylic acids is 3. The number of hydrogen-bond donors (Lipinski definition) is 2. The van der Waals surface area contributed by atoms with Gasteiger partial charge in [-0.05, 0) is 44.2 Å². The number of rotatable bonds is 3. The number of amides is 4. The summed E-state index contributed by atoms with van der Waals surface area (Å²) in [4.78, 5) is 37.8. The Balaban J connectivity index is 1.77. The lowest BCUT2D eigenvalue weighted by molar-refractivity contribution is 0.0609. The van der Waals surface area contributed by atoms with E-state index in [1.807, 2.05) is 18.2 Å². The predicted molar refractivity (Wildman–Crippen MR) is 91.2 cm³/mol. The normalized spacial score (nSPS) is 13.2. The van der Waals surface area contributed by atoms with E-state index >= 15 is 0 Å². The van der Waals surface area contributed by atoms with Gasteiger partial charge in [-0.2, -0.15) is 0 Å². The first-order valence-electron chi connectivity index (χ1n) is 7.62. The van der Waals surface area contributed by atoms with Crippen LogP contribution >= 0.6 is 0 Å². The Morgan fingerprint density at radius 2 is 1.50 bits per heavy atom. The van der Waals surface area contributed by atoms with Crippen molar-refractivity contribution in [2.75, 3.05) is 10.6 Å². The molecule has 1 aliphatic rings. The molecular formula is C18H17N3O3. The first-order valence-corrected chi connectivity index (χ1v) is 7.62. The van der Waals surface area contributed by atoms with Crippen LogP contribution in [0.4, 0.5) is 16.2 Å². The van der Waals surface area contributed by atoms with Gasteiger partial charge >= 0.3 is 6.03 Å². The molecule has 0 saturated carbocycles. The molecule has 0 unspecified atom stereocenters. The quantitative estimate of drug-likeness (QED) is 0.850. The molecule has 0 radical (unpaired) electrons. The number of urea groups is 1. The highest BCUT2D eigenvalue weighted by Crippen LogP contribution is 2.27. The number of imide groups is 1. The van der Waals surface area contributed by atoms with Crippen LogP contribution in [-0.2, 0) is 0 Å². The van der Waals surface area contributed by atoms with Gasteiger partial charge in [0.15, 0.2) is 0 Å². The van der Waals surface area contributed by atoms with Crippen LogP contribution in [0.1, 0.15) is 34.6 Å². The average molecular weight is 323 g/mol. The zero-order valence-corrected chi connectivity index (χ0v) is 13.4. The van der Waals surface area contributed by atoms with E-state index in [2.05, 4.69) is 10.6 Å². The maximum absolute atomic E-state index is 12.4. The van der Waals surface area contributed by atoms with Gasteiger partial charge in [-0.3, -0.25) is 14.5 Å². The average Bonchev–Trinajstić information content (AvgIpc) is 2.79. The third-order valence-electron chi connectivity index (χ3n) is 3.72. The highest BCUT2D eigenvalue weighted by Gasteiger charge is 2.37. The molecule has 0 spiro atoms. The number of para-hydroxylation sites is 1. The Hall–Kier alpha value is -3.15. The molecule has 122 valence electrons. The molecule has 6 heteroatoms. The number of nitrogens with one attached hydrogen (secondary N) is 2. The minimum Gasteiger partial charge on any atom is -0.308 e. The summed E-state index contributed by atoms with van der Waals surface area (Å²) in [6.45, 7) is 3.57. The Morgan fingerprint density at radius 1 is 0.875 bits per heavy atom. The first kappa shape index (κ1) is 15.7. The maximum atomic E-state index is 12.4. The van der Waals surface area contributed by atoms with Gasteiger partial charge < -0.3 is 10.6 Å². The summed E-state index contributed by atoms with van der Waals surface area (Å²) in [6, 6.07) is 13.1. The summed E-state index contributed by atoms with van der Waals surface area (Å²) >= 11 is 0. The zero-order valence-electron chi connectivity index (χ0n) is 13.4. The molecule has 2 N–H and O–H groups in total. The zero-order chi connectivity index (χ0) is 17.3. The van der Waals surface area contributed by atoms with Gasteiger partial charge in [0, 0.05) is 17.4 Å². The molecule has 0 aliphatic carbocycles. The van der Waals surface area contributed by atoms with Crippen LogP contribution < -0.4 is 10.6 Å². The number of hydrogen-bond acceptors (Lipinski definition) is 3. The van der Waals surface area contributed by atoms with E-state index in [0.717, 1.165) is 0 Å². The number of fused-ring (bicyclic) bond motifs is 1. The van der Waals surface area contributed by atoms with E-state index in [-0.39, 0.29) is 17.9 Å². The first-order chi connectivity index (χ1) is 11.5. The highest BCUT2D eigenvalue weighted by atomic mass is 16.2. The van der Waals surface area contributed by atoms with Crippen molar-refractivity contribution >= 4 is 29.2 Å². The number of nitrogens with zero attached hydrogens (tertiary/aromatic N) is 1. The fraction of sp³-hybridized carbons (Fsp3) is 0.167. The Bertz CT molecular complexity index is 816. The minimum absolute atomic E-state index is 0.213. The third-order valence-corrected chi connectivity index (χ3v) is 3.72. The maximum Gasteiger partial charge on any atom is 0.323 e. The van der Waals surface area contributed by atoms with Crippen molar-refractivity contribution < 1.29 is 14.4 Å². The van der Waals surface area contributed by atoms with Crippen LogP contribution in [0.25, 0.3) is 0 Å². The summed E-state index contributed by atoms with van der Waals surface area (Å²) < 4.78 is 0. The predicted octanol–water partition coefficient (Wildman–Crippen LogP) is 3.34. The highest BCUT2D eigenvalue weighted by molar-refractivity contribution is 6.22. The van der Waals surface area contributed by atoms with Gasteiger partial charge in [0.1, 0.15) is 0 Å². The van der Waals surface area contributed by atoms with Gasteiger partial charge in [-0.1, -0.05) is 18.2 Å². The Labute approximate surface area is 139 Å². The molecule has 0 bridgehead atoms. The molecule has 6 nitrogen and oxygen atoms in total. The van der Waals surface area contributed by atoms with Crippen molar-refractivity contribution in [3.05, 3.63) is 59.7 Å². The second-order valence-electron chi connectivity index (χ2n) is 5.78. The standard InChI is InChI=1S/C18H17N3O3/c1-11(2)21-16(22)14-9-8-13(10-15(14)17(21)23)20-18(24)19-12-6-4-3-5-7-12/h3-11H,1-2H3,(H2,19,20,24). The Morgan fingerprint density at radius 3 is 2.17 bits per heavy atom. The van der Waals surface area contributed by atoms with Gasteiger partial charge in [-0.15, -0.1) is 0 Å². The van der Waals surface area contributed by atoms with Gasteiger partial charge in [0.05, 0.1) is 11.1 Å². The molecule has 2 aromatic rings. The summed E-state index contributed by atoms with van der Waals surface area (Å²) in [5.41, 5.74) is 1.79. The third kappa shape index (κ3) is 2.86. The molecule has 0 aromatic heterocycles. The molecule has 0 saturated heterocycles. The monoisotopic (exact) mass is 323 g/mol. The van der Waals surface area contributed by atoms with Gasteiger partial charge in [0.25, 0.3) is 11.8 Å². The molecular weight excluding hydrogens is 306 g/mol. The van der Waals surface area contributed by atoms with Crippen LogP contribution in [0.2, 0.25) is 0 Å². The van der Waals surface area contributed by atoms with Gasteiger partial charge in [-0.25, -0.2) is 4.79 Å². The number of benzene rings is 2. The van der Waals surface area contributed by atoms with E-state index in [0.29, 0.717) is 22.5 Å². The van der Waals surface area contributed by atoms with Crippen LogP contribution in [0, 0.1) is 0 Å². The fourth-order valence-electron chi connectivity index (χ4n) is 2.62. The smallest absolute Gasteiger partial charge is 0.308 e. The van der Waals surface area contributed by atoms with Crippen molar-refractivity contribution in [3.8, 4) is 0 Å². The molecule has 24 heavy (non-hydrogen) atoms. The van der Waals surface area contributed by atoms with Crippen molar-refractivity contribution in [2.45, 2.75) is 19.9 Å². The number of anilines is 2. The molecule has 1 aliphatic heterocycles. The van der Waals surface area contributed by atoms with Crippen LogP contribution in [0.5, 0.6) is 0 Å². The Kier molecular flexibility index (Phi) is 4.04. The lowest BCUT2D eigenvalue weighted by atomic mass is 10.1. The van der Waals surface area contributed by atoms with Gasteiger partial charge in [0.2, 0.25) is 0 Å². The van der Waals surface area contributed by atoms with Crippen molar-refractivity contribution in [1.29, 1.82) is 0 Å². The van der Waals surface area contributed by atoms with Crippen LogP contribution in [0.3, 0.4) is 0 Å². The molecule has 4 amide bonds. The van der Waals surface area contributed by atoms with Crippen molar-refractivity contribution in [3.63, 3.8) is 0 Å². The van der Waals surface area contributed by atoms with E-state index in [9.17, 15) is 14.4 Å². The SMILES string of the molecule is CC(C)N1C(=O)c2ccc(NC(=O)Nc3ccccc3)cc2C1=O. The molecule has 1 heterocycles. The second kappa shape index (κ2) is 6.16.